The highest BCUT2D eigenvalue weighted by Crippen LogP contribution is 2.19. The SMILES string of the molecule is CNCCC#Cc1cc(Br)ccc1Cl. The maximum Gasteiger partial charge on any atom is 0.0563 e. The summed E-state index contributed by atoms with van der Waals surface area (Å²) in [6.07, 6.45) is 0.833. The van der Waals surface area contributed by atoms with E-state index in [9.17, 15) is 0 Å². The van der Waals surface area contributed by atoms with Gasteiger partial charge in [-0.2, -0.15) is 0 Å². The largest absolute Gasteiger partial charge is 0.319 e. The standard InChI is InChI=1S/C11H11BrClN/c1-14-7-3-2-4-9-8-10(12)5-6-11(9)13/h5-6,8,14H,3,7H2,1H3. The molecule has 0 aromatic heterocycles. The second kappa shape index (κ2) is 6.08. The Morgan fingerprint density at radius 3 is 3.00 bits per heavy atom. The molecule has 0 bridgehead atoms. The minimum atomic E-state index is 0.699. The van der Waals surface area contributed by atoms with Crippen LogP contribution in [0, 0.1) is 11.8 Å². The molecule has 1 N–H and O–H groups in total. The predicted molar refractivity (Wildman–Crippen MR) is 64.6 cm³/mol. The quantitative estimate of drug-likeness (QED) is 0.644. The van der Waals surface area contributed by atoms with Crippen LogP contribution in [0.4, 0.5) is 0 Å². The molecule has 0 atom stereocenters. The normalized spacial score (nSPS) is 9.36. The third-order valence-electron chi connectivity index (χ3n) is 1.65. The first-order chi connectivity index (χ1) is 6.74. The second-order valence-corrected chi connectivity index (χ2v) is 4.10. The second-order valence-electron chi connectivity index (χ2n) is 2.78. The summed E-state index contributed by atoms with van der Waals surface area (Å²) < 4.78 is 1.000. The van der Waals surface area contributed by atoms with Gasteiger partial charge in [-0.15, -0.1) is 0 Å². The Balaban J connectivity index is 2.73. The fourth-order valence-electron chi connectivity index (χ4n) is 0.939. The van der Waals surface area contributed by atoms with E-state index >= 15 is 0 Å². The molecule has 0 saturated heterocycles. The summed E-state index contributed by atoms with van der Waals surface area (Å²) >= 11 is 9.35. The van der Waals surface area contributed by atoms with E-state index in [1.165, 1.54) is 0 Å². The summed E-state index contributed by atoms with van der Waals surface area (Å²) in [7, 11) is 1.91. The summed E-state index contributed by atoms with van der Waals surface area (Å²) in [5.74, 6) is 6.09. The van der Waals surface area contributed by atoms with E-state index in [1.807, 2.05) is 25.2 Å². The number of hydrogen-bond donors (Lipinski definition) is 1. The predicted octanol–water partition coefficient (Wildman–Crippen LogP) is 3.06. The van der Waals surface area contributed by atoms with E-state index in [-0.39, 0.29) is 0 Å². The lowest BCUT2D eigenvalue weighted by molar-refractivity contribution is 0.818. The van der Waals surface area contributed by atoms with Gasteiger partial charge in [0, 0.05) is 23.0 Å². The van der Waals surface area contributed by atoms with Gasteiger partial charge in [-0.1, -0.05) is 39.4 Å². The van der Waals surface area contributed by atoms with Gasteiger partial charge in [-0.05, 0) is 25.2 Å². The van der Waals surface area contributed by atoms with Gasteiger partial charge in [0.25, 0.3) is 0 Å². The summed E-state index contributed by atoms with van der Waals surface area (Å²) in [6, 6.07) is 5.67. The minimum Gasteiger partial charge on any atom is -0.319 e. The summed E-state index contributed by atoms with van der Waals surface area (Å²) in [5.41, 5.74) is 0.872. The molecule has 0 spiro atoms. The molecule has 1 aromatic carbocycles. The van der Waals surface area contributed by atoms with Gasteiger partial charge in [-0.25, -0.2) is 0 Å². The molecule has 0 aliphatic heterocycles. The average Bonchev–Trinajstić information content (AvgIpc) is 2.18. The van der Waals surface area contributed by atoms with E-state index in [1.54, 1.807) is 0 Å². The highest BCUT2D eigenvalue weighted by molar-refractivity contribution is 9.10. The van der Waals surface area contributed by atoms with Crippen LogP contribution in [0.1, 0.15) is 12.0 Å². The van der Waals surface area contributed by atoms with Crippen LogP contribution in [0.15, 0.2) is 22.7 Å². The van der Waals surface area contributed by atoms with Crippen molar-refractivity contribution in [1.82, 2.24) is 5.32 Å². The zero-order chi connectivity index (χ0) is 10.4. The molecule has 0 saturated carbocycles. The van der Waals surface area contributed by atoms with E-state index in [4.69, 9.17) is 11.6 Å². The Labute approximate surface area is 98.0 Å². The number of nitrogens with one attached hydrogen (secondary N) is 1. The first-order valence-electron chi connectivity index (χ1n) is 4.32. The van der Waals surface area contributed by atoms with Gasteiger partial charge < -0.3 is 5.32 Å². The molecule has 0 unspecified atom stereocenters. The van der Waals surface area contributed by atoms with Gasteiger partial charge in [0.05, 0.1) is 5.02 Å². The van der Waals surface area contributed by atoms with Crippen molar-refractivity contribution >= 4 is 27.5 Å². The molecule has 3 heteroatoms. The molecule has 0 aliphatic rings. The lowest BCUT2D eigenvalue weighted by Crippen LogP contribution is -2.05. The zero-order valence-electron chi connectivity index (χ0n) is 7.90. The number of halogens is 2. The van der Waals surface area contributed by atoms with Gasteiger partial charge in [-0.3, -0.25) is 0 Å². The van der Waals surface area contributed by atoms with Crippen molar-refractivity contribution < 1.29 is 0 Å². The third kappa shape index (κ3) is 3.71. The Hall–Kier alpha value is -0.490. The zero-order valence-corrected chi connectivity index (χ0v) is 10.2. The van der Waals surface area contributed by atoms with Gasteiger partial charge in [0.15, 0.2) is 0 Å². The van der Waals surface area contributed by atoms with Crippen LogP contribution < -0.4 is 5.32 Å². The van der Waals surface area contributed by atoms with Crippen molar-refractivity contribution in [2.24, 2.45) is 0 Å². The lowest BCUT2D eigenvalue weighted by Gasteiger charge is -1.96. The van der Waals surface area contributed by atoms with Gasteiger partial charge in [0.2, 0.25) is 0 Å². The van der Waals surface area contributed by atoms with Crippen molar-refractivity contribution in [2.75, 3.05) is 13.6 Å². The molecule has 0 fully saturated rings. The van der Waals surface area contributed by atoms with Crippen molar-refractivity contribution in [3.63, 3.8) is 0 Å². The van der Waals surface area contributed by atoms with Crippen molar-refractivity contribution in [3.8, 4) is 11.8 Å². The maximum atomic E-state index is 5.97. The maximum absolute atomic E-state index is 5.97. The first-order valence-corrected chi connectivity index (χ1v) is 5.49. The molecular formula is C11H11BrClN. The van der Waals surface area contributed by atoms with Crippen LogP contribution in [-0.4, -0.2) is 13.6 Å². The first kappa shape index (κ1) is 11.6. The van der Waals surface area contributed by atoms with Crippen LogP contribution in [0.3, 0.4) is 0 Å². The molecule has 0 radical (unpaired) electrons. The van der Waals surface area contributed by atoms with Crippen molar-refractivity contribution in [2.45, 2.75) is 6.42 Å². The van der Waals surface area contributed by atoms with Gasteiger partial charge >= 0.3 is 0 Å². The van der Waals surface area contributed by atoms with Crippen LogP contribution in [-0.2, 0) is 0 Å². The molecule has 1 nitrogen and oxygen atoms in total. The number of benzene rings is 1. The Kier molecular flexibility index (Phi) is 5.03. The summed E-state index contributed by atoms with van der Waals surface area (Å²) in [6.45, 7) is 0.901. The smallest absolute Gasteiger partial charge is 0.0563 e. The lowest BCUT2D eigenvalue weighted by atomic mass is 10.2. The van der Waals surface area contributed by atoms with E-state index in [0.717, 1.165) is 23.0 Å². The minimum absolute atomic E-state index is 0.699. The highest BCUT2D eigenvalue weighted by Gasteiger charge is 1.96. The summed E-state index contributed by atoms with van der Waals surface area (Å²) in [5, 5.41) is 3.73. The highest BCUT2D eigenvalue weighted by atomic mass is 79.9. The van der Waals surface area contributed by atoms with Crippen LogP contribution in [0.25, 0.3) is 0 Å². The van der Waals surface area contributed by atoms with Gasteiger partial charge in [0.1, 0.15) is 0 Å². The molecule has 1 aromatic rings. The molecule has 0 aliphatic carbocycles. The average molecular weight is 273 g/mol. The Bertz CT molecular complexity index is 365. The van der Waals surface area contributed by atoms with Crippen LogP contribution in [0.5, 0.6) is 0 Å². The van der Waals surface area contributed by atoms with Crippen molar-refractivity contribution in [3.05, 3.63) is 33.3 Å². The fourth-order valence-corrected chi connectivity index (χ4v) is 1.46. The Morgan fingerprint density at radius 2 is 2.29 bits per heavy atom. The third-order valence-corrected chi connectivity index (χ3v) is 2.47. The molecule has 1 rings (SSSR count). The topological polar surface area (TPSA) is 12.0 Å². The molecule has 0 heterocycles. The Morgan fingerprint density at radius 1 is 1.50 bits per heavy atom. The van der Waals surface area contributed by atoms with Crippen LogP contribution >= 0.6 is 27.5 Å². The van der Waals surface area contributed by atoms with Crippen LogP contribution in [0.2, 0.25) is 5.02 Å². The fraction of sp³-hybridized carbons (Fsp3) is 0.273. The number of hydrogen-bond acceptors (Lipinski definition) is 1. The molecule has 0 amide bonds. The molecule has 74 valence electrons. The van der Waals surface area contributed by atoms with E-state index in [0.29, 0.717) is 5.02 Å². The molecule has 14 heavy (non-hydrogen) atoms. The molecular weight excluding hydrogens is 261 g/mol. The summed E-state index contributed by atoms with van der Waals surface area (Å²) in [4.78, 5) is 0. The van der Waals surface area contributed by atoms with Crippen molar-refractivity contribution in [1.29, 1.82) is 0 Å². The van der Waals surface area contributed by atoms with E-state index in [2.05, 4.69) is 33.1 Å². The van der Waals surface area contributed by atoms with E-state index < -0.39 is 0 Å². The monoisotopic (exact) mass is 271 g/mol. The number of rotatable bonds is 2.